The maximum Gasteiger partial charge on any atom is 0.408 e. The molecule has 0 radical (unpaired) electrons. The van der Waals surface area contributed by atoms with Gasteiger partial charge < -0.3 is 24.7 Å². The topological polar surface area (TPSA) is 114 Å². The summed E-state index contributed by atoms with van der Waals surface area (Å²) in [5, 5.41) is 6.44. The molecule has 1 fully saturated rings. The van der Waals surface area contributed by atoms with Crippen molar-refractivity contribution in [3.8, 4) is 11.1 Å². The van der Waals surface area contributed by atoms with Crippen LogP contribution in [0.25, 0.3) is 22.1 Å². The first-order valence-electron chi connectivity index (χ1n) is 13.9. The summed E-state index contributed by atoms with van der Waals surface area (Å²) in [5.74, 6) is -0.681. The highest BCUT2D eigenvalue weighted by Gasteiger charge is 2.36. The highest BCUT2D eigenvalue weighted by Crippen LogP contribution is 2.31. The molecule has 9 heteroatoms. The molecule has 1 aliphatic heterocycles. The predicted octanol–water partition coefficient (Wildman–Crippen LogP) is 5.08. The average molecular weight is 549 g/mol. The number of fused-ring (bicyclic) bond motifs is 1. The molecule has 0 bridgehead atoms. The van der Waals surface area contributed by atoms with Crippen molar-refractivity contribution >= 4 is 28.9 Å². The number of nitrogens with one attached hydrogen (secondary N) is 2. The van der Waals surface area contributed by atoms with E-state index in [1.54, 1.807) is 40.2 Å². The molecule has 0 spiro atoms. The summed E-state index contributed by atoms with van der Waals surface area (Å²) in [6, 6.07) is 8.46. The average Bonchev–Trinajstić information content (AvgIpc) is 3.53. The van der Waals surface area contributed by atoms with E-state index >= 15 is 0 Å². The molecule has 2 aromatic heterocycles. The third-order valence-electron chi connectivity index (χ3n) is 7.12. The van der Waals surface area contributed by atoms with Gasteiger partial charge in [-0.05, 0) is 76.6 Å². The number of amides is 3. The number of rotatable bonds is 8. The van der Waals surface area contributed by atoms with Crippen LogP contribution in [0, 0.1) is 5.92 Å². The maximum atomic E-state index is 13.8. The van der Waals surface area contributed by atoms with E-state index in [1.165, 1.54) is 0 Å². The third kappa shape index (κ3) is 7.00. The molecule has 0 unspecified atom stereocenters. The number of carbonyl (C=O) groups excluding carboxylic acids is 3. The molecule has 1 aliphatic rings. The first-order valence-corrected chi connectivity index (χ1v) is 13.9. The van der Waals surface area contributed by atoms with E-state index < -0.39 is 29.7 Å². The largest absolute Gasteiger partial charge is 0.464 e. The Hall–Kier alpha value is -3.88. The third-order valence-corrected chi connectivity index (χ3v) is 7.12. The van der Waals surface area contributed by atoms with Gasteiger partial charge >= 0.3 is 6.09 Å². The van der Waals surface area contributed by atoms with Gasteiger partial charge in [0.15, 0.2) is 0 Å². The van der Waals surface area contributed by atoms with Crippen LogP contribution in [0.3, 0.4) is 0 Å². The molecule has 3 atom stereocenters. The number of likely N-dealkylation sites (tertiary alicyclic amines) is 1. The molecule has 2 N–H and O–H groups in total. The normalized spacial score (nSPS) is 17.1. The van der Waals surface area contributed by atoms with E-state index in [1.807, 2.05) is 49.2 Å². The minimum Gasteiger partial charge on any atom is -0.464 e. The van der Waals surface area contributed by atoms with E-state index in [4.69, 9.17) is 9.15 Å². The van der Waals surface area contributed by atoms with Crippen LogP contribution in [-0.4, -0.2) is 58.1 Å². The van der Waals surface area contributed by atoms with Gasteiger partial charge in [-0.25, -0.2) is 4.79 Å². The molecule has 40 heavy (non-hydrogen) atoms. The van der Waals surface area contributed by atoms with Crippen molar-refractivity contribution in [2.45, 2.75) is 84.5 Å². The van der Waals surface area contributed by atoms with Crippen molar-refractivity contribution in [3.05, 3.63) is 54.6 Å². The summed E-state index contributed by atoms with van der Waals surface area (Å²) in [4.78, 5) is 45.0. The smallest absolute Gasteiger partial charge is 0.408 e. The fourth-order valence-electron chi connectivity index (χ4n) is 5.07. The maximum absolute atomic E-state index is 13.8. The van der Waals surface area contributed by atoms with Crippen molar-refractivity contribution in [1.82, 2.24) is 20.5 Å². The Kier molecular flexibility index (Phi) is 8.81. The Bertz CT molecular complexity index is 1340. The van der Waals surface area contributed by atoms with E-state index in [0.29, 0.717) is 13.0 Å². The lowest BCUT2D eigenvalue weighted by atomic mass is 9.98. The molecule has 9 nitrogen and oxygen atoms in total. The SMILES string of the molecule is CC(C)[C@H](NC(=O)[C@H](C)NC(=O)OC(C)(C)C)C(=O)N1CCC[C@H]1Cc1coc2ccc(-c3cccnc3)cc12. The van der Waals surface area contributed by atoms with E-state index in [0.717, 1.165) is 40.5 Å². The summed E-state index contributed by atoms with van der Waals surface area (Å²) in [7, 11) is 0. The number of benzene rings is 1. The summed E-state index contributed by atoms with van der Waals surface area (Å²) in [6.07, 6.45) is 7.11. The van der Waals surface area contributed by atoms with Gasteiger partial charge in [0.05, 0.1) is 6.26 Å². The number of alkyl carbamates (subject to hydrolysis) is 1. The van der Waals surface area contributed by atoms with Gasteiger partial charge in [-0.15, -0.1) is 0 Å². The van der Waals surface area contributed by atoms with Gasteiger partial charge in [0, 0.05) is 41.5 Å². The van der Waals surface area contributed by atoms with Crippen LogP contribution in [0.1, 0.15) is 59.9 Å². The van der Waals surface area contributed by atoms with Crippen LogP contribution in [0.2, 0.25) is 0 Å². The number of nitrogens with zero attached hydrogens (tertiary/aromatic N) is 2. The predicted molar refractivity (Wildman–Crippen MR) is 153 cm³/mol. The Morgan fingerprint density at radius 2 is 1.90 bits per heavy atom. The van der Waals surface area contributed by atoms with Gasteiger partial charge in [0.1, 0.15) is 23.3 Å². The van der Waals surface area contributed by atoms with Crippen LogP contribution < -0.4 is 10.6 Å². The van der Waals surface area contributed by atoms with Crippen LogP contribution in [-0.2, 0) is 20.7 Å². The standard InChI is InChI=1S/C31H40N4O5/c1-19(2)27(34-28(36)20(3)33-30(38)40-31(4,5)6)29(37)35-14-8-10-24(35)15-23-18-39-26-12-11-21(16-25(23)26)22-9-7-13-32-17-22/h7,9,11-13,16-20,24,27H,8,10,14-15H2,1-6H3,(H,33,38)(H,34,36)/t20-,24-,27-/m0/s1. The zero-order valence-corrected chi connectivity index (χ0v) is 24.2. The molecular formula is C31H40N4O5. The summed E-state index contributed by atoms with van der Waals surface area (Å²) in [6.45, 7) is 11.3. The molecule has 4 rings (SSSR count). The fourth-order valence-corrected chi connectivity index (χ4v) is 5.07. The first kappa shape index (κ1) is 29.1. The molecule has 1 saturated heterocycles. The minimum atomic E-state index is -0.857. The van der Waals surface area contributed by atoms with E-state index in [2.05, 4.69) is 21.7 Å². The van der Waals surface area contributed by atoms with Crippen molar-refractivity contribution in [2.24, 2.45) is 5.92 Å². The summed E-state index contributed by atoms with van der Waals surface area (Å²) in [5.41, 5.74) is 3.25. The molecular weight excluding hydrogens is 508 g/mol. The van der Waals surface area contributed by atoms with Crippen LogP contribution in [0.15, 0.2) is 53.4 Å². The van der Waals surface area contributed by atoms with Gasteiger partial charge in [-0.3, -0.25) is 14.6 Å². The lowest BCUT2D eigenvalue weighted by molar-refractivity contribution is -0.138. The van der Waals surface area contributed by atoms with Crippen molar-refractivity contribution in [2.75, 3.05) is 6.54 Å². The second kappa shape index (κ2) is 12.1. The number of carbonyl (C=O) groups is 3. The Morgan fingerprint density at radius 1 is 1.12 bits per heavy atom. The van der Waals surface area contributed by atoms with Crippen molar-refractivity contribution in [3.63, 3.8) is 0 Å². The van der Waals surface area contributed by atoms with Gasteiger partial charge in [-0.1, -0.05) is 26.0 Å². The second-order valence-electron chi connectivity index (χ2n) is 11.8. The Morgan fingerprint density at radius 3 is 2.58 bits per heavy atom. The number of aromatic nitrogens is 1. The number of pyridine rings is 1. The van der Waals surface area contributed by atoms with E-state index in [-0.39, 0.29) is 17.9 Å². The number of furan rings is 1. The quantitative estimate of drug-likeness (QED) is 0.406. The Labute approximate surface area is 235 Å². The molecule has 0 saturated carbocycles. The molecule has 3 aromatic rings. The van der Waals surface area contributed by atoms with Crippen LogP contribution in [0.5, 0.6) is 0 Å². The van der Waals surface area contributed by atoms with Gasteiger partial charge in [-0.2, -0.15) is 0 Å². The van der Waals surface area contributed by atoms with Gasteiger partial charge in [0.2, 0.25) is 11.8 Å². The molecule has 1 aromatic carbocycles. The lowest BCUT2D eigenvalue weighted by Gasteiger charge is -2.31. The molecule has 214 valence electrons. The first-order chi connectivity index (χ1) is 18.9. The van der Waals surface area contributed by atoms with Crippen LogP contribution >= 0.6 is 0 Å². The second-order valence-corrected chi connectivity index (χ2v) is 11.8. The fraction of sp³-hybridized carbons (Fsp3) is 0.484. The van der Waals surface area contributed by atoms with Crippen LogP contribution in [0.4, 0.5) is 4.79 Å². The molecule has 3 heterocycles. The number of hydrogen-bond acceptors (Lipinski definition) is 6. The van der Waals surface area contributed by atoms with E-state index in [9.17, 15) is 14.4 Å². The lowest BCUT2D eigenvalue weighted by Crippen LogP contribution is -2.56. The van der Waals surface area contributed by atoms with Crippen molar-refractivity contribution in [1.29, 1.82) is 0 Å². The minimum absolute atomic E-state index is 0.00851. The monoisotopic (exact) mass is 548 g/mol. The summed E-state index contributed by atoms with van der Waals surface area (Å²) >= 11 is 0. The molecule has 0 aliphatic carbocycles. The zero-order valence-electron chi connectivity index (χ0n) is 24.2. The molecule has 3 amide bonds. The van der Waals surface area contributed by atoms with Crippen molar-refractivity contribution < 1.29 is 23.5 Å². The highest BCUT2D eigenvalue weighted by atomic mass is 16.6. The Balaban J connectivity index is 1.46. The van der Waals surface area contributed by atoms with Gasteiger partial charge in [0.25, 0.3) is 0 Å². The number of ether oxygens (including phenoxy) is 1. The summed E-state index contributed by atoms with van der Waals surface area (Å²) < 4.78 is 11.1. The number of hydrogen-bond donors (Lipinski definition) is 2. The highest BCUT2D eigenvalue weighted by molar-refractivity contribution is 5.91. The zero-order chi connectivity index (χ0) is 29.0.